The first kappa shape index (κ1) is 5.62. The van der Waals surface area contributed by atoms with E-state index in [-0.39, 0.29) is 6.10 Å². The first-order valence-corrected chi connectivity index (χ1v) is 4.08. The van der Waals surface area contributed by atoms with Gasteiger partial charge in [0.1, 0.15) is 18.5 Å². The predicted octanol–water partition coefficient (Wildman–Crippen LogP) is 0.990. The Labute approximate surface area is 58.2 Å². The van der Waals surface area contributed by atoms with Crippen molar-refractivity contribution in [2.45, 2.75) is 6.10 Å². The maximum atomic E-state index is 5.39. The molecule has 1 unspecified atom stereocenters. The Morgan fingerprint density at radius 3 is 3.44 bits per heavy atom. The second-order valence-electron chi connectivity index (χ2n) is 2.06. The summed E-state index contributed by atoms with van der Waals surface area (Å²) in [4.78, 5) is 0. The van der Waals surface area contributed by atoms with Crippen LogP contribution >= 0.6 is 11.8 Å². The molecule has 0 aromatic heterocycles. The van der Waals surface area contributed by atoms with Crippen LogP contribution in [0.3, 0.4) is 0 Å². The van der Waals surface area contributed by atoms with Gasteiger partial charge in [-0.25, -0.2) is 0 Å². The summed E-state index contributed by atoms with van der Waals surface area (Å²) in [6, 6.07) is 0. The van der Waals surface area contributed by atoms with Gasteiger partial charge in [0.25, 0.3) is 0 Å². The van der Waals surface area contributed by atoms with Crippen molar-refractivity contribution in [1.82, 2.24) is 0 Å². The van der Waals surface area contributed by atoms with Crippen LogP contribution in [0.2, 0.25) is 0 Å². The van der Waals surface area contributed by atoms with Gasteiger partial charge in [0.2, 0.25) is 0 Å². The van der Waals surface area contributed by atoms with Gasteiger partial charge in [-0.15, -0.1) is 11.8 Å². The zero-order chi connectivity index (χ0) is 6.10. The van der Waals surface area contributed by atoms with E-state index in [4.69, 9.17) is 9.47 Å². The summed E-state index contributed by atoms with van der Waals surface area (Å²) in [5, 5.41) is 2.05. The molecule has 0 amide bonds. The lowest BCUT2D eigenvalue weighted by molar-refractivity contribution is -0.0291. The van der Waals surface area contributed by atoms with Crippen molar-refractivity contribution in [1.29, 1.82) is 0 Å². The minimum Gasteiger partial charge on any atom is -0.492 e. The van der Waals surface area contributed by atoms with Gasteiger partial charge in [0, 0.05) is 11.2 Å². The third kappa shape index (κ3) is 0.946. The van der Waals surface area contributed by atoms with Gasteiger partial charge in [0.15, 0.2) is 0 Å². The molecule has 3 heteroatoms. The number of rotatable bonds is 0. The van der Waals surface area contributed by atoms with Gasteiger partial charge in [-0.1, -0.05) is 0 Å². The molecule has 1 saturated heterocycles. The number of thioether (sulfide) groups is 1. The molecule has 0 radical (unpaired) electrons. The van der Waals surface area contributed by atoms with Crippen LogP contribution < -0.4 is 0 Å². The Morgan fingerprint density at radius 2 is 2.56 bits per heavy atom. The molecule has 50 valence electrons. The summed E-state index contributed by atoms with van der Waals surface area (Å²) < 4.78 is 10.7. The normalized spacial score (nSPS) is 32.9. The van der Waals surface area contributed by atoms with E-state index < -0.39 is 0 Å². The molecule has 2 rings (SSSR count). The lowest BCUT2D eigenvalue weighted by atomic mass is 10.3. The van der Waals surface area contributed by atoms with Gasteiger partial charge in [-0.3, -0.25) is 0 Å². The smallest absolute Gasteiger partial charge is 0.132 e. The SMILES string of the molecule is C1=C2OCCOC2CS1. The van der Waals surface area contributed by atoms with Gasteiger partial charge in [0.05, 0.1) is 6.61 Å². The van der Waals surface area contributed by atoms with Gasteiger partial charge in [-0.05, 0) is 0 Å². The van der Waals surface area contributed by atoms with Crippen molar-refractivity contribution in [3.8, 4) is 0 Å². The van der Waals surface area contributed by atoms with E-state index in [0.29, 0.717) is 0 Å². The molecule has 1 atom stereocenters. The van der Waals surface area contributed by atoms with Gasteiger partial charge in [-0.2, -0.15) is 0 Å². The van der Waals surface area contributed by atoms with E-state index in [1.807, 2.05) is 5.41 Å². The van der Waals surface area contributed by atoms with Crippen LogP contribution in [0.4, 0.5) is 0 Å². The van der Waals surface area contributed by atoms with Crippen LogP contribution in [-0.4, -0.2) is 25.1 Å². The second kappa shape index (κ2) is 2.23. The van der Waals surface area contributed by atoms with Crippen LogP contribution in [0.5, 0.6) is 0 Å². The molecule has 2 aliphatic heterocycles. The Hall–Kier alpha value is -0.150. The lowest BCUT2D eigenvalue weighted by Gasteiger charge is -2.21. The monoisotopic (exact) mass is 144 g/mol. The Kier molecular flexibility index (Phi) is 1.39. The highest BCUT2D eigenvalue weighted by Crippen LogP contribution is 2.27. The summed E-state index contributed by atoms with van der Waals surface area (Å²) in [5.74, 6) is 2.07. The van der Waals surface area contributed by atoms with Crippen molar-refractivity contribution in [2.75, 3.05) is 19.0 Å². The summed E-state index contributed by atoms with van der Waals surface area (Å²) in [6.07, 6.45) is 0.267. The van der Waals surface area contributed by atoms with Crippen molar-refractivity contribution >= 4 is 11.8 Å². The first-order chi connectivity index (χ1) is 4.47. The highest BCUT2D eigenvalue weighted by Gasteiger charge is 2.24. The topological polar surface area (TPSA) is 18.5 Å². The van der Waals surface area contributed by atoms with E-state index >= 15 is 0 Å². The van der Waals surface area contributed by atoms with Crippen LogP contribution in [0.25, 0.3) is 0 Å². The van der Waals surface area contributed by atoms with E-state index in [2.05, 4.69) is 0 Å². The quantitative estimate of drug-likeness (QED) is 0.505. The maximum Gasteiger partial charge on any atom is 0.132 e. The van der Waals surface area contributed by atoms with Gasteiger partial charge >= 0.3 is 0 Å². The minimum atomic E-state index is 0.267. The highest BCUT2D eigenvalue weighted by molar-refractivity contribution is 8.02. The molecule has 0 aromatic carbocycles. The van der Waals surface area contributed by atoms with E-state index in [1.54, 1.807) is 11.8 Å². The summed E-state index contributed by atoms with van der Waals surface area (Å²) >= 11 is 1.77. The molecule has 0 aliphatic carbocycles. The Bertz CT molecular complexity index is 144. The Balaban J connectivity index is 2.09. The lowest BCUT2D eigenvalue weighted by Crippen LogP contribution is -2.25. The van der Waals surface area contributed by atoms with Crippen molar-refractivity contribution < 1.29 is 9.47 Å². The molecule has 0 N–H and O–H groups in total. The van der Waals surface area contributed by atoms with Crippen LogP contribution in [0.1, 0.15) is 0 Å². The van der Waals surface area contributed by atoms with Crippen LogP contribution in [-0.2, 0) is 9.47 Å². The molecule has 0 aromatic rings. The number of hydrogen-bond acceptors (Lipinski definition) is 3. The summed E-state index contributed by atoms with van der Waals surface area (Å²) in [5.41, 5.74) is 0. The fourth-order valence-electron chi connectivity index (χ4n) is 0.983. The van der Waals surface area contributed by atoms with Crippen molar-refractivity contribution in [3.63, 3.8) is 0 Å². The molecule has 2 nitrogen and oxygen atoms in total. The number of hydrogen-bond donors (Lipinski definition) is 0. The van der Waals surface area contributed by atoms with Gasteiger partial charge < -0.3 is 9.47 Å². The van der Waals surface area contributed by atoms with E-state index in [0.717, 1.165) is 24.7 Å². The largest absolute Gasteiger partial charge is 0.492 e. The zero-order valence-electron chi connectivity index (χ0n) is 5.00. The molecule has 2 aliphatic rings. The third-order valence-corrected chi connectivity index (χ3v) is 2.33. The summed E-state index contributed by atoms with van der Waals surface area (Å²) in [6.45, 7) is 1.48. The zero-order valence-corrected chi connectivity index (χ0v) is 5.82. The second-order valence-corrected chi connectivity index (χ2v) is 2.96. The molecule has 1 fully saturated rings. The van der Waals surface area contributed by atoms with Crippen LogP contribution in [0.15, 0.2) is 11.2 Å². The summed E-state index contributed by atoms with van der Waals surface area (Å²) in [7, 11) is 0. The van der Waals surface area contributed by atoms with E-state index in [9.17, 15) is 0 Å². The average molecular weight is 144 g/mol. The van der Waals surface area contributed by atoms with Crippen LogP contribution in [0, 0.1) is 0 Å². The standard InChI is InChI=1S/C6H8O2S/c1-2-8-6-4-9-3-5(6)7-1/h3,6H,1-2,4H2. The van der Waals surface area contributed by atoms with Crippen molar-refractivity contribution in [3.05, 3.63) is 11.2 Å². The Morgan fingerprint density at radius 1 is 1.56 bits per heavy atom. The molecule has 0 spiro atoms. The third-order valence-electron chi connectivity index (χ3n) is 1.44. The average Bonchev–Trinajstić information content (AvgIpc) is 2.33. The molecule has 9 heavy (non-hydrogen) atoms. The van der Waals surface area contributed by atoms with E-state index in [1.165, 1.54) is 0 Å². The first-order valence-electron chi connectivity index (χ1n) is 3.03. The molecule has 0 bridgehead atoms. The fraction of sp³-hybridized carbons (Fsp3) is 0.667. The molecule has 0 saturated carbocycles. The molecular formula is C6H8O2S. The number of fused-ring (bicyclic) bond motifs is 1. The highest BCUT2D eigenvalue weighted by atomic mass is 32.2. The molecule has 2 heterocycles. The number of ether oxygens (including phenoxy) is 2. The van der Waals surface area contributed by atoms with Crippen molar-refractivity contribution in [2.24, 2.45) is 0 Å². The minimum absolute atomic E-state index is 0.267. The fourth-order valence-corrected chi connectivity index (χ4v) is 1.90. The molecular weight excluding hydrogens is 136 g/mol. The predicted molar refractivity (Wildman–Crippen MR) is 36.2 cm³/mol. The maximum absolute atomic E-state index is 5.39.